The molecule has 1 N–H and O–H groups in total. The van der Waals surface area contributed by atoms with Gasteiger partial charge in [0.05, 0.1) is 26.8 Å². The third kappa shape index (κ3) is 3.19. The van der Waals surface area contributed by atoms with E-state index in [4.69, 9.17) is 4.74 Å². The fraction of sp³-hybridized carbons (Fsp3) is 1.00. The molecule has 3 nitrogen and oxygen atoms in total. The van der Waals surface area contributed by atoms with Crippen LogP contribution in [0.1, 0.15) is 25.7 Å². The molecule has 1 saturated heterocycles. The Morgan fingerprint density at radius 3 is 2.31 bits per heavy atom. The van der Waals surface area contributed by atoms with Crippen molar-refractivity contribution in [2.24, 2.45) is 5.92 Å². The maximum atomic E-state index is 5.46. The van der Waals surface area contributed by atoms with Crippen LogP contribution in [0.25, 0.3) is 0 Å². The Bertz CT molecular complexity index is 206. The van der Waals surface area contributed by atoms with Crippen LogP contribution in [-0.4, -0.2) is 57.5 Å². The molecule has 0 atom stereocenters. The van der Waals surface area contributed by atoms with E-state index >= 15 is 0 Å². The molecule has 2 rings (SSSR count). The molecule has 16 heavy (non-hydrogen) atoms. The molecule has 0 spiro atoms. The van der Waals surface area contributed by atoms with Crippen molar-refractivity contribution in [1.29, 1.82) is 0 Å². The Morgan fingerprint density at radius 1 is 1.12 bits per heavy atom. The second-order valence-electron chi connectivity index (χ2n) is 5.87. The molecule has 0 aromatic heterocycles. The average Bonchev–Trinajstić information content (AvgIpc) is 2.30. The summed E-state index contributed by atoms with van der Waals surface area (Å²) in [7, 11) is 4.51. The molecule has 3 heteroatoms. The number of nitrogens with one attached hydrogen (secondary N) is 1. The lowest BCUT2D eigenvalue weighted by Crippen LogP contribution is -2.54. The number of hydrogen-bond donors (Lipinski definition) is 1. The summed E-state index contributed by atoms with van der Waals surface area (Å²) < 4.78 is 6.71. The molecule has 1 aliphatic heterocycles. The van der Waals surface area contributed by atoms with E-state index in [2.05, 4.69) is 19.4 Å². The smallest absolute Gasteiger partial charge is 0.102 e. The first-order valence-corrected chi connectivity index (χ1v) is 6.80. The Hall–Kier alpha value is -0.120. The fourth-order valence-electron chi connectivity index (χ4n) is 3.22. The summed E-state index contributed by atoms with van der Waals surface area (Å²) in [4.78, 5) is 0. The second-order valence-corrected chi connectivity index (χ2v) is 5.87. The molecule has 0 radical (unpaired) electrons. The minimum Gasteiger partial charge on any atom is -0.370 e. The van der Waals surface area contributed by atoms with E-state index in [9.17, 15) is 0 Å². The largest absolute Gasteiger partial charge is 0.370 e. The molecule has 0 unspecified atom stereocenters. The maximum absolute atomic E-state index is 5.46. The lowest BCUT2D eigenvalue weighted by Gasteiger charge is -2.41. The quantitative estimate of drug-likeness (QED) is 0.733. The highest BCUT2D eigenvalue weighted by atomic mass is 16.5. The number of nitrogens with zero attached hydrogens (tertiary/aromatic N) is 1. The predicted octanol–water partition coefficient (Wildman–Crippen LogP) is 1.24. The number of likely N-dealkylation sites (N-methyl/N-ethyl adjacent to an activating group) is 1. The Morgan fingerprint density at radius 2 is 1.75 bits per heavy atom. The lowest BCUT2D eigenvalue weighted by atomic mass is 9.85. The first-order valence-electron chi connectivity index (χ1n) is 6.80. The number of morpholine rings is 1. The summed E-state index contributed by atoms with van der Waals surface area (Å²) >= 11 is 0. The van der Waals surface area contributed by atoms with Crippen molar-refractivity contribution in [2.75, 3.05) is 46.9 Å². The SMILES string of the molecule is CNC1CCC(C[N+]2(C)CCOCC2)CC1. The van der Waals surface area contributed by atoms with Crippen molar-refractivity contribution in [2.45, 2.75) is 31.7 Å². The van der Waals surface area contributed by atoms with Crippen molar-refractivity contribution in [1.82, 2.24) is 5.32 Å². The normalized spacial score (nSPS) is 34.9. The van der Waals surface area contributed by atoms with Crippen LogP contribution in [0.5, 0.6) is 0 Å². The first kappa shape index (κ1) is 12.3. The van der Waals surface area contributed by atoms with Crippen molar-refractivity contribution >= 4 is 0 Å². The molecular weight excluding hydrogens is 200 g/mol. The molecule has 1 saturated carbocycles. The van der Waals surface area contributed by atoms with Gasteiger partial charge in [0, 0.05) is 12.0 Å². The van der Waals surface area contributed by atoms with E-state index < -0.39 is 0 Å². The van der Waals surface area contributed by atoms with E-state index in [1.807, 2.05) is 0 Å². The summed E-state index contributed by atoms with van der Waals surface area (Å²) in [5, 5.41) is 3.41. The van der Waals surface area contributed by atoms with Gasteiger partial charge in [0.15, 0.2) is 0 Å². The Labute approximate surface area is 99.7 Å². The Kier molecular flexibility index (Phi) is 4.22. The van der Waals surface area contributed by atoms with E-state index in [1.54, 1.807) is 0 Å². The van der Waals surface area contributed by atoms with Crippen molar-refractivity contribution < 1.29 is 9.22 Å². The van der Waals surface area contributed by atoms with E-state index in [0.717, 1.165) is 25.2 Å². The minimum atomic E-state index is 0.784. The molecule has 0 aromatic carbocycles. The van der Waals surface area contributed by atoms with E-state index in [0.29, 0.717) is 0 Å². The maximum Gasteiger partial charge on any atom is 0.102 e. The Balaban J connectivity index is 1.77. The van der Waals surface area contributed by atoms with Crippen LogP contribution in [0.2, 0.25) is 0 Å². The van der Waals surface area contributed by atoms with Gasteiger partial charge in [-0.2, -0.15) is 0 Å². The highest BCUT2D eigenvalue weighted by molar-refractivity contribution is 4.76. The van der Waals surface area contributed by atoms with Crippen LogP contribution in [-0.2, 0) is 4.74 Å². The number of quaternary nitrogens is 1. The number of rotatable bonds is 3. The third-order valence-corrected chi connectivity index (χ3v) is 4.50. The van der Waals surface area contributed by atoms with Crippen molar-refractivity contribution in [3.05, 3.63) is 0 Å². The zero-order valence-electron chi connectivity index (χ0n) is 10.9. The highest BCUT2D eigenvalue weighted by Gasteiger charge is 2.31. The molecule has 2 aliphatic rings. The molecule has 1 aliphatic carbocycles. The molecule has 0 aromatic rings. The summed E-state index contributed by atoms with van der Waals surface area (Å²) in [6, 6.07) is 0.784. The van der Waals surface area contributed by atoms with Crippen LogP contribution in [0.4, 0.5) is 0 Å². The molecule has 1 heterocycles. The van der Waals surface area contributed by atoms with Gasteiger partial charge in [-0.05, 0) is 32.7 Å². The standard InChI is InChI=1S/C13H27N2O/c1-14-13-5-3-12(4-6-13)11-15(2)7-9-16-10-8-15/h12-14H,3-11H2,1-2H3/q+1. The third-order valence-electron chi connectivity index (χ3n) is 4.50. The van der Waals surface area contributed by atoms with E-state index in [-0.39, 0.29) is 0 Å². The molecule has 2 fully saturated rings. The lowest BCUT2D eigenvalue weighted by molar-refractivity contribution is -0.920. The topological polar surface area (TPSA) is 21.3 Å². The molecule has 94 valence electrons. The summed E-state index contributed by atoms with van der Waals surface area (Å²) in [5.74, 6) is 0.952. The van der Waals surface area contributed by atoms with Crippen molar-refractivity contribution in [3.8, 4) is 0 Å². The van der Waals surface area contributed by atoms with Crippen LogP contribution < -0.4 is 5.32 Å². The minimum absolute atomic E-state index is 0.784. The summed E-state index contributed by atoms with van der Waals surface area (Å²) in [5.41, 5.74) is 0. The van der Waals surface area contributed by atoms with Crippen LogP contribution in [0, 0.1) is 5.92 Å². The van der Waals surface area contributed by atoms with Crippen molar-refractivity contribution in [3.63, 3.8) is 0 Å². The monoisotopic (exact) mass is 227 g/mol. The van der Waals surface area contributed by atoms with Gasteiger partial charge in [0.1, 0.15) is 13.1 Å². The zero-order valence-corrected chi connectivity index (χ0v) is 10.9. The zero-order chi connectivity index (χ0) is 11.4. The molecular formula is C13H27N2O+. The highest BCUT2D eigenvalue weighted by Crippen LogP contribution is 2.27. The molecule has 0 bridgehead atoms. The average molecular weight is 227 g/mol. The van der Waals surface area contributed by atoms with Gasteiger partial charge in [-0.25, -0.2) is 0 Å². The van der Waals surface area contributed by atoms with Gasteiger partial charge in [-0.15, -0.1) is 0 Å². The van der Waals surface area contributed by atoms with Gasteiger partial charge in [-0.1, -0.05) is 0 Å². The van der Waals surface area contributed by atoms with Crippen LogP contribution >= 0.6 is 0 Å². The first-order chi connectivity index (χ1) is 7.72. The van der Waals surface area contributed by atoms with E-state index in [1.165, 1.54) is 49.8 Å². The summed E-state index contributed by atoms with van der Waals surface area (Å²) in [6.45, 7) is 5.72. The van der Waals surface area contributed by atoms with Gasteiger partial charge >= 0.3 is 0 Å². The van der Waals surface area contributed by atoms with Gasteiger partial charge in [-0.3, -0.25) is 0 Å². The van der Waals surface area contributed by atoms with Gasteiger partial charge in [0.2, 0.25) is 0 Å². The fourth-order valence-corrected chi connectivity index (χ4v) is 3.22. The summed E-state index contributed by atoms with van der Waals surface area (Å²) in [6.07, 6.45) is 5.58. The predicted molar refractivity (Wildman–Crippen MR) is 66.4 cm³/mol. The van der Waals surface area contributed by atoms with Crippen LogP contribution in [0.15, 0.2) is 0 Å². The second kappa shape index (κ2) is 5.48. The van der Waals surface area contributed by atoms with Gasteiger partial charge in [0.25, 0.3) is 0 Å². The molecule has 0 amide bonds. The van der Waals surface area contributed by atoms with Crippen LogP contribution in [0.3, 0.4) is 0 Å². The van der Waals surface area contributed by atoms with Gasteiger partial charge < -0.3 is 14.5 Å². The number of hydrogen-bond acceptors (Lipinski definition) is 2. The number of ether oxygens (including phenoxy) is 1.